The van der Waals surface area contributed by atoms with E-state index in [9.17, 15) is 4.79 Å². The molecule has 25 heavy (non-hydrogen) atoms. The number of amides is 1. The number of likely N-dealkylation sites (N-methyl/N-ethyl adjacent to an activating group) is 1. The van der Waals surface area contributed by atoms with Crippen molar-refractivity contribution in [3.63, 3.8) is 0 Å². The maximum atomic E-state index is 12.4. The summed E-state index contributed by atoms with van der Waals surface area (Å²) in [6.07, 6.45) is 1.94. The molecule has 1 atom stereocenters. The number of carbonyl (C=O) groups excluding carboxylic acids is 1. The molecule has 0 aromatic heterocycles. The van der Waals surface area contributed by atoms with Crippen LogP contribution in [-0.4, -0.2) is 38.1 Å². The van der Waals surface area contributed by atoms with Gasteiger partial charge < -0.3 is 15.0 Å². The van der Waals surface area contributed by atoms with Gasteiger partial charge in [-0.15, -0.1) is 0 Å². The molecule has 0 fully saturated rings. The fourth-order valence-electron chi connectivity index (χ4n) is 3.20. The van der Waals surface area contributed by atoms with Gasteiger partial charge in [-0.1, -0.05) is 31.2 Å². The molecule has 1 heterocycles. The number of nitrogens with one attached hydrogen (secondary N) is 1. The van der Waals surface area contributed by atoms with Gasteiger partial charge in [0.2, 0.25) is 0 Å². The zero-order valence-electron chi connectivity index (χ0n) is 15.2. The highest BCUT2D eigenvalue weighted by molar-refractivity contribution is 5.94. The highest BCUT2D eigenvalue weighted by Gasteiger charge is 2.19. The fourth-order valence-corrected chi connectivity index (χ4v) is 3.20. The van der Waals surface area contributed by atoms with Crippen LogP contribution in [0, 0.1) is 0 Å². The van der Waals surface area contributed by atoms with Crippen LogP contribution in [0.1, 0.15) is 40.0 Å². The zero-order chi connectivity index (χ0) is 17.8. The molecular weight excluding hydrogens is 312 g/mol. The van der Waals surface area contributed by atoms with E-state index in [1.807, 2.05) is 44.4 Å². The van der Waals surface area contributed by atoms with Gasteiger partial charge in [0.1, 0.15) is 5.75 Å². The first-order valence-electron chi connectivity index (χ1n) is 8.87. The Morgan fingerprint density at radius 2 is 1.96 bits per heavy atom. The minimum Gasteiger partial charge on any atom is -0.493 e. The number of carbonyl (C=O) groups is 1. The van der Waals surface area contributed by atoms with Crippen LogP contribution >= 0.6 is 0 Å². The molecule has 4 heteroatoms. The van der Waals surface area contributed by atoms with Gasteiger partial charge in [0.25, 0.3) is 5.91 Å². The second-order valence-corrected chi connectivity index (χ2v) is 6.71. The second-order valence-electron chi connectivity index (χ2n) is 6.71. The van der Waals surface area contributed by atoms with Gasteiger partial charge in [-0.2, -0.15) is 0 Å². The number of rotatable bonds is 6. The zero-order valence-corrected chi connectivity index (χ0v) is 15.2. The van der Waals surface area contributed by atoms with E-state index in [2.05, 4.69) is 29.3 Å². The van der Waals surface area contributed by atoms with E-state index in [0.717, 1.165) is 25.2 Å². The Bertz CT molecular complexity index is 738. The van der Waals surface area contributed by atoms with E-state index >= 15 is 0 Å². The molecule has 0 saturated heterocycles. The molecule has 3 rings (SSSR count). The molecule has 2 aromatic rings. The van der Waals surface area contributed by atoms with Crippen LogP contribution in [0.25, 0.3) is 0 Å². The summed E-state index contributed by atoms with van der Waals surface area (Å²) in [5.41, 5.74) is 4.40. The van der Waals surface area contributed by atoms with Crippen molar-refractivity contribution in [3.8, 4) is 5.75 Å². The Labute approximate surface area is 149 Å². The van der Waals surface area contributed by atoms with Gasteiger partial charge in [0.15, 0.2) is 0 Å². The molecule has 0 saturated carbocycles. The minimum atomic E-state index is -0.0287. The molecule has 0 spiro atoms. The van der Waals surface area contributed by atoms with Gasteiger partial charge >= 0.3 is 0 Å². The van der Waals surface area contributed by atoms with Crippen LogP contribution in [0.3, 0.4) is 0 Å². The van der Waals surface area contributed by atoms with E-state index in [4.69, 9.17) is 4.74 Å². The van der Waals surface area contributed by atoms with Crippen LogP contribution in [0.2, 0.25) is 0 Å². The highest BCUT2D eigenvalue weighted by Crippen LogP contribution is 2.29. The third kappa shape index (κ3) is 4.02. The Kier molecular flexibility index (Phi) is 5.39. The maximum Gasteiger partial charge on any atom is 0.251 e. The summed E-state index contributed by atoms with van der Waals surface area (Å²) in [7, 11) is 4.08. The summed E-state index contributed by atoms with van der Waals surface area (Å²) in [5.74, 6) is 0.959. The third-order valence-corrected chi connectivity index (χ3v) is 4.80. The number of hydrogen-bond donors (Lipinski definition) is 1. The van der Waals surface area contributed by atoms with Gasteiger partial charge in [0.05, 0.1) is 12.6 Å². The molecule has 1 unspecified atom stereocenters. The maximum absolute atomic E-state index is 12.4. The van der Waals surface area contributed by atoms with Crippen molar-refractivity contribution in [2.24, 2.45) is 0 Å². The van der Waals surface area contributed by atoms with E-state index in [1.165, 1.54) is 16.7 Å². The van der Waals surface area contributed by atoms with Gasteiger partial charge in [-0.25, -0.2) is 0 Å². The van der Waals surface area contributed by atoms with Gasteiger partial charge in [-0.3, -0.25) is 4.79 Å². The molecule has 0 radical (unpaired) electrons. The molecule has 2 aromatic carbocycles. The van der Waals surface area contributed by atoms with Crippen LogP contribution in [-0.2, 0) is 12.8 Å². The predicted octanol–water partition coefficient (Wildman–Crippen LogP) is 3.22. The van der Waals surface area contributed by atoms with Crippen molar-refractivity contribution in [2.45, 2.75) is 25.8 Å². The smallest absolute Gasteiger partial charge is 0.251 e. The van der Waals surface area contributed by atoms with E-state index in [-0.39, 0.29) is 11.9 Å². The molecule has 1 aliphatic rings. The molecule has 1 aliphatic heterocycles. The number of benzene rings is 2. The summed E-state index contributed by atoms with van der Waals surface area (Å²) in [6.45, 7) is 3.44. The topological polar surface area (TPSA) is 41.6 Å². The second kappa shape index (κ2) is 7.70. The van der Waals surface area contributed by atoms with Crippen LogP contribution < -0.4 is 10.1 Å². The first kappa shape index (κ1) is 17.5. The minimum absolute atomic E-state index is 0.0287. The number of nitrogens with zero attached hydrogens (tertiary/aromatic N) is 1. The number of ether oxygens (including phenoxy) is 1. The Morgan fingerprint density at radius 1 is 1.20 bits per heavy atom. The van der Waals surface area contributed by atoms with Crippen molar-refractivity contribution < 1.29 is 9.53 Å². The molecular formula is C21H26N2O2. The van der Waals surface area contributed by atoms with Crippen molar-refractivity contribution in [1.82, 2.24) is 10.2 Å². The van der Waals surface area contributed by atoms with E-state index in [1.54, 1.807) is 0 Å². The third-order valence-electron chi connectivity index (χ3n) is 4.80. The summed E-state index contributed by atoms with van der Waals surface area (Å²) in [6, 6.07) is 14.3. The SMILES string of the molecule is CCc1ccc(C(=O)NCC(c2ccc3c(c2)CCO3)N(C)C)cc1. The number of aryl methyl sites for hydroxylation is 1. The normalized spacial score (nSPS) is 14.1. The predicted molar refractivity (Wildman–Crippen MR) is 100 cm³/mol. The van der Waals surface area contributed by atoms with Crippen LogP contribution in [0.4, 0.5) is 0 Å². The Morgan fingerprint density at radius 3 is 2.64 bits per heavy atom. The molecule has 1 amide bonds. The standard InChI is InChI=1S/C21H26N2O2/c1-4-15-5-7-16(8-6-15)21(24)22-14-19(23(2)3)17-9-10-20-18(13-17)11-12-25-20/h5-10,13,19H,4,11-12,14H2,1-3H3,(H,22,24). The highest BCUT2D eigenvalue weighted by atomic mass is 16.5. The quantitative estimate of drug-likeness (QED) is 0.879. The molecule has 0 bridgehead atoms. The molecule has 4 nitrogen and oxygen atoms in total. The lowest BCUT2D eigenvalue weighted by Crippen LogP contribution is -2.34. The van der Waals surface area contributed by atoms with Crippen LogP contribution in [0.5, 0.6) is 5.75 Å². The first-order valence-corrected chi connectivity index (χ1v) is 8.87. The number of hydrogen-bond acceptors (Lipinski definition) is 3. The summed E-state index contributed by atoms with van der Waals surface area (Å²) in [5, 5.41) is 3.07. The monoisotopic (exact) mass is 338 g/mol. The van der Waals surface area contributed by atoms with E-state index in [0.29, 0.717) is 12.1 Å². The van der Waals surface area contributed by atoms with E-state index < -0.39 is 0 Å². The summed E-state index contributed by atoms with van der Waals surface area (Å²) in [4.78, 5) is 14.6. The van der Waals surface area contributed by atoms with Crippen molar-refractivity contribution >= 4 is 5.91 Å². The lowest BCUT2D eigenvalue weighted by atomic mass is 10.0. The first-order chi connectivity index (χ1) is 12.1. The van der Waals surface area contributed by atoms with Crippen molar-refractivity contribution in [3.05, 3.63) is 64.7 Å². The largest absolute Gasteiger partial charge is 0.493 e. The van der Waals surface area contributed by atoms with Gasteiger partial charge in [0, 0.05) is 18.5 Å². The summed E-state index contributed by atoms with van der Waals surface area (Å²) < 4.78 is 5.59. The average Bonchev–Trinajstić information content (AvgIpc) is 3.09. The van der Waals surface area contributed by atoms with Gasteiger partial charge in [-0.05, 0) is 55.4 Å². The molecule has 1 N–H and O–H groups in total. The summed E-state index contributed by atoms with van der Waals surface area (Å²) >= 11 is 0. The van der Waals surface area contributed by atoms with Crippen molar-refractivity contribution in [1.29, 1.82) is 0 Å². The lowest BCUT2D eigenvalue weighted by molar-refractivity contribution is 0.0942. The average molecular weight is 338 g/mol. The molecule has 0 aliphatic carbocycles. The van der Waals surface area contributed by atoms with Crippen molar-refractivity contribution in [2.75, 3.05) is 27.2 Å². The Hall–Kier alpha value is -2.33. The Balaban J connectivity index is 1.68. The lowest BCUT2D eigenvalue weighted by Gasteiger charge is -2.25. The van der Waals surface area contributed by atoms with Crippen LogP contribution in [0.15, 0.2) is 42.5 Å². The molecule has 132 valence electrons. The fraction of sp³-hybridized carbons (Fsp3) is 0.381. The number of fused-ring (bicyclic) bond motifs is 1.